The Morgan fingerprint density at radius 3 is 1.29 bits per heavy atom. The predicted molar refractivity (Wildman–Crippen MR) is 224 cm³/mol. The molecule has 55 heavy (non-hydrogen) atoms. The van der Waals surface area contributed by atoms with Gasteiger partial charge in [0.05, 0.1) is 56.4 Å². The summed E-state index contributed by atoms with van der Waals surface area (Å²) in [4.78, 5) is 0. The summed E-state index contributed by atoms with van der Waals surface area (Å²) in [5, 5.41) is 26.9. The molecule has 0 amide bonds. The summed E-state index contributed by atoms with van der Waals surface area (Å²) < 4.78 is 6.92. The summed E-state index contributed by atoms with van der Waals surface area (Å²) in [5.74, 6) is 0. The van der Waals surface area contributed by atoms with E-state index in [4.69, 9.17) is 0 Å². The Labute approximate surface area is 316 Å². The predicted octanol–water partition coefficient (Wildman–Crippen LogP) is 12.4. The first-order valence-electron chi connectivity index (χ1n) is 18.3. The minimum atomic E-state index is 0.610. The van der Waals surface area contributed by atoms with E-state index < -0.39 is 0 Å². The molecular weight excluding hydrogens is 671 g/mol. The summed E-state index contributed by atoms with van der Waals surface area (Å²) in [6.07, 6.45) is 0. The maximum Gasteiger partial charge on any atom is 0.0998 e. The molecule has 0 aliphatic heterocycles. The lowest BCUT2D eigenvalue weighted by molar-refractivity contribution is 1.16. The van der Waals surface area contributed by atoms with E-state index in [-0.39, 0.29) is 0 Å². The van der Waals surface area contributed by atoms with Gasteiger partial charge in [0.1, 0.15) is 0 Å². The SMILES string of the molecule is N#Cc1ccc2c(c1)c1ccccc1n2-c1ccc(C#N)c(-c2ccc(-n3c4ccccc4c4cc(-n5c6ccccc6c6ccccc65)ccc43)cc2)c1. The Morgan fingerprint density at radius 1 is 0.327 bits per heavy atom. The van der Waals surface area contributed by atoms with Crippen LogP contribution in [0.25, 0.3) is 93.6 Å². The van der Waals surface area contributed by atoms with Crippen LogP contribution in [-0.4, -0.2) is 13.7 Å². The molecular formula is C50H29N5. The van der Waals surface area contributed by atoms with Gasteiger partial charge in [-0.15, -0.1) is 0 Å². The van der Waals surface area contributed by atoms with Gasteiger partial charge in [0.2, 0.25) is 0 Å². The van der Waals surface area contributed by atoms with E-state index in [9.17, 15) is 10.5 Å². The number of hydrogen-bond donors (Lipinski definition) is 0. The van der Waals surface area contributed by atoms with Gasteiger partial charge in [0, 0.05) is 54.9 Å². The van der Waals surface area contributed by atoms with Crippen LogP contribution in [0, 0.1) is 22.7 Å². The molecule has 0 N–H and O–H groups in total. The number of benzene rings is 8. The van der Waals surface area contributed by atoms with Gasteiger partial charge in [-0.1, -0.05) is 84.9 Å². The van der Waals surface area contributed by atoms with Crippen molar-refractivity contribution in [2.45, 2.75) is 0 Å². The number of nitrogens with zero attached hydrogens (tertiary/aromatic N) is 5. The fourth-order valence-electron chi connectivity index (χ4n) is 8.70. The normalized spacial score (nSPS) is 11.6. The van der Waals surface area contributed by atoms with Crippen molar-refractivity contribution in [3.8, 4) is 40.3 Å². The highest BCUT2D eigenvalue weighted by atomic mass is 15.0. The Bertz CT molecular complexity index is 3400. The topological polar surface area (TPSA) is 62.4 Å². The average Bonchev–Trinajstić information content (AvgIpc) is 3.89. The number of rotatable bonds is 4. The van der Waals surface area contributed by atoms with Gasteiger partial charge in [-0.3, -0.25) is 0 Å². The van der Waals surface area contributed by atoms with Crippen LogP contribution >= 0.6 is 0 Å². The van der Waals surface area contributed by atoms with Crippen molar-refractivity contribution >= 4 is 65.4 Å². The highest BCUT2D eigenvalue weighted by Gasteiger charge is 2.18. The smallest absolute Gasteiger partial charge is 0.0998 e. The van der Waals surface area contributed by atoms with Crippen LogP contribution < -0.4 is 0 Å². The summed E-state index contributed by atoms with van der Waals surface area (Å²) in [6, 6.07) is 66.0. The molecule has 8 aromatic carbocycles. The molecule has 0 aliphatic carbocycles. The third kappa shape index (κ3) is 4.51. The third-order valence-electron chi connectivity index (χ3n) is 11.1. The molecule has 3 aromatic heterocycles. The summed E-state index contributed by atoms with van der Waals surface area (Å²) in [7, 11) is 0. The van der Waals surface area contributed by atoms with Crippen molar-refractivity contribution in [1.82, 2.24) is 13.7 Å². The van der Waals surface area contributed by atoms with Gasteiger partial charge in [-0.25, -0.2) is 0 Å². The molecule has 0 spiro atoms. The standard InChI is InChI=1S/C50H29N5/c51-30-32-17-25-49-43(27-32)40-11-3-8-16-48(40)55(49)36-23-20-34(31-52)42(28-36)33-18-21-35(22-19-33)53-47-15-7-4-12-41(47)44-29-37(24-26-50(44)53)54-45-13-5-1-9-38(45)39-10-2-6-14-46(39)54/h1-29H. The van der Waals surface area contributed by atoms with Crippen molar-refractivity contribution in [3.63, 3.8) is 0 Å². The van der Waals surface area contributed by atoms with E-state index in [1.807, 2.05) is 42.5 Å². The lowest BCUT2D eigenvalue weighted by Crippen LogP contribution is -1.97. The quantitative estimate of drug-likeness (QED) is 0.184. The second kappa shape index (κ2) is 11.8. The highest BCUT2D eigenvalue weighted by molar-refractivity contribution is 6.13. The van der Waals surface area contributed by atoms with Gasteiger partial charge in [-0.2, -0.15) is 10.5 Å². The Balaban J connectivity index is 1.04. The zero-order valence-electron chi connectivity index (χ0n) is 29.5. The summed E-state index contributed by atoms with van der Waals surface area (Å²) >= 11 is 0. The molecule has 11 rings (SSSR count). The van der Waals surface area contributed by atoms with Gasteiger partial charge in [-0.05, 0) is 96.6 Å². The zero-order chi connectivity index (χ0) is 36.6. The fraction of sp³-hybridized carbons (Fsp3) is 0. The summed E-state index contributed by atoms with van der Waals surface area (Å²) in [6.45, 7) is 0. The molecule has 11 aromatic rings. The van der Waals surface area contributed by atoms with E-state index in [2.05, 4.69) is 159 Å². The van der Waals surface area contributed by atoms with Crippen LogP contribution in [-0.2, 0) is 0 Å². The molecule has 5 nitrogen and oxygen atoms in total. The minimum absolute atomic E-state index is 0.610. The lowest BCUT2D eigenvalue weighted by atomic mass is 9.99. The number of fused-ring (bicyclic) bond motifs is 9. The summed E-state index contributed by atoms with van der Waals surface area (Å²) in [5.41, 5.74) is 12.9. The second-order valence-electron chi connectivity index (χ2n) is 14.0. The van der Waals surface area contributed by atoms with Gasteiger partial charge in [0.15, 0.2) is 0 Å². The number of nitriles is 2. The Kier molecular flexibility index (Phi) is 6.61. The zero-order valence-corrected chi connectivity index (χ0v) is 29.5. The van der Waals surface area contributed by atoms with E-state index >= 15 is 0 Å². The van der Waals surface area contributed by atoms with Crippen LogP contribution in [0.3, 0.4) is 0 Å². The van der Waals surface area contributed by atoms with E-state index in [0.29, 0.717) is 11.1 Å². The van der Waals surface area contributed by atoms with Crippen LogP contribution in [0.2, 0.25) is 0 Å². The van der Waals surface area contributed by atoms with Crippen molar-refractivity contribution in [2.24, 2.45) is 0 Å². The third-order valence-corrected chi connectivity index (χ3v) is 11.1. The molecule has 0 atom stereocenters. The maximum atomic E-state index is 10.3. The second-order valence-corrected chi connectivity index (χ2v) is 14.0. The molecule has 0 saturated carbocycles. The van der Waals surface area contributed by atoms with Crippen molar-refractivity contribution in [2.75, 3.05) is 0 Å². The van der Waals surface area contributed by atoms with E-state index in [1.54, 1.807) is 0 Å². The molecule has 0 bridgehead atoms. The van der Waals surface area contributed by atoms with Crippen molar-refractivity contribution in [3.05, 3.63) is 187 Å². The van der Waals surface area contributed by atoms with Crippen molar-refractivity contribution in [1.29, 1.82) is 10.5 Å². The van der Waals surface area contributed by atoms with E-state index in [1.165, 1.54) is 32.6 Å². The highest BCUT2D eigenvalue weighted by Crippen LogP contribution is 2.38. The van der Waals surface area contributed by atoms with E-state index in [0.717, 1.165) is 61.0 Å². The van der Waals surface area contributed by atoms with Crippen molar-refractivity contribution < 1.29 is 0 Å². The first kappa shape index (κ1) is 30.7. The largest absolute Gasteiger partial charge is 0.309 e. The first-order chi connectivity index (χ1) is 27.2. The lowest BCUT2D eigenvalue weighted by Gasteiger charge is -2.13. The first-order valence-corrected chi connectivity index (χ1v) is 18.3. The minimum Gasteiger partial charge on any atom is -0.309 e. The van der Waals surface area contributed by atoms with Crippen LogP contribution in [0.5, 0.6) is 0 Å². The number of para-hydroxylation sites is 4. The monoisotopic (exact) mass is 699 g/mol. The number of aromatic nitrogens is 3. The number of hydrogen-bond acceptors (Lipinski definition) is 2. The van der Waals surface area contributed by atoms with Crippen LogP contribution in [0.1, 0.15) is 11.1 Å². The molecule has 3 heterocycles. The van der Waals surface area contributed by atoms with Crippen LogP contribution in [0.4, 0.5) is 0 Å². The molecule has 0 fully saturated rings. The van der Waals surface area contributed by atoms with Gasteiger partial charge in [0.25, 0.3) is 0 Å². The molecule has 0 radical (unpaired) electrons. The molecule has 5 heteroatoms. The van der Waals surface area contributed by atoms with Gasteiger partial charge >= 0.3 is 0 Å². The van der Waals surface area contributed by atoms with Crippen LogP contribution in [0.15, 0.2) is 176 Å². The molecule has 0 unspecified atom stereocenters. The fourth-order valence-corrected chi connectivity index (χ4v) is 8.70. The average molecular weight is 700 g/mol. The van der Waals surface area contributed by atoms with Gasteiger partial charge < -0.3 is 13.7 Å². The Morgan fingerprint density at radius 2 is 0.745 bits per heavy atom. The molecule has 254 valence electrons. The maximum absolute atomic E-state index is 10.3. The molecule has 0 aliphatic rings. The Hall–Kier alpha value is -7.86. The molecule has 0 saturated heterocycles.